The molecule has 4 aliphatic carbocycles. The molecule has 0 saturated carbocycles. The molecule has 0 spiro atoms. The first-order chi connectivity index (χ1) is 21.5. The molecule has 0 aliphatic heterocycles. The minimum absolute atomic E-state index is 1.02. The van der Waals surface area contributed by atoms with Crippen molar-refractivity contribution in [3.05, 3.63) is 160 Å². The van der Waals surface area contributed by atoms with Crippen LogP contribution in [0, 0.1) is 0 Å². The summed E-state index contributed by atoms with van der Waals surface area (Å²) < 4.78 is 4.90. The molecular formula is C41H40N2Zr. The van der Waals surface area contributed by atoms with Crippen LogP contribution in [-0.4, -0.2) is 31.4 Å². The quantitative estimate of drug-likeness (QED) is 0.206. The monoisotopic (exact) mass is 650 g/mol. The maximum Gasteiger partial charge on any atom is -0.162 e. The van der Waals surface area contributed by atoms with E-state index in [1.165, 1.54) is 66.1 Å². The Morgan fingerprint density at radius 1 is 0.545 bits per heavy atom. The molecule has 0 radical (unpaired) electrons. The van der Waals surface area contributed by atoms with E-state index >= 15 is 0 Å². The van der Waals surface area contributed by atoms with Gasteiger partial charge in [-0.05, 0) is 0 Å². The van der Waals surface area contributed by atoms with Crippen LogP contribution in [0.15, 0.2) is 127 Å². The molecule has 0 heterocycles. The topological polar surface area (TPSA) is 28.2 Å². The SMILES string of the molecule is C[C](C)=[Zr+2]([C]1=C2C(=CCc3ccc4ccccc4c32)C=C1)[C]1=C2C(=CCc3ccc4ccccc4c32)C=C1.C[N-]C.C[N-]C. The van der Waals surface area contributed by atoms with Crippen molar-refractivity contribution in [3.63, 3.8) is 0 Å². The van der Waals surface area contributed by atoms with Gasteiger partial charge < -0.3 is 10.6 Å². The van der Waals surface area contributed by atoms with Crippen molar-refractivity contribution in [2.45, 2.75) is 26.7 Å². The van der Waals surface area contributed by atoms with Crippen LogP contribution in [0.2, 0.25) is 0 Å². The Balaban J connectivity index is 0.000000532. The van der Waals surface area contributed by atoms with Gasteiger partial charge in [0.15, 0.2) is 0 Å². The molecule has 4 aliphatic rings. The van der Waals surface area contributed by atoms with Crippen molar-refractivity contribution >= 4 is 35.9 Å². The largest absolute Gasteiger partial charge is 0.668 e. The summed E-state index contributed by atoms with van der Waals surface area (Å²) in [6.45, 7) is 4.81. The molecule has 0 bridgehead atoms. The second kappa shape index (κ2) is 13.2. The minimum Gasteiger partial charge on any atom is -0.668 e. The zero-order valence-corrected chi connectivity index (χ0v) is 29.2. The normalized spacial score (nSPS) is 15.2. The summed E-state index contributed by atoms with van der Waals surface area (Å²) in [7, 11) is 7.00. The van der Waals surface area contributed by atoms with Gasteiger partial charge in [0.05, 0.1) is 0 Å². The summed E-state index contributed by atoms with van der Waals surface area (Å²) in [5, 5.41) is 12.5. The summed E-state index contributed by atoms with van der Waals surface area (Å²) in [4.78, 5) is 0. The number of hydrogen-bond acceptors (Lipinski definition) is 0. The minimum atomic E-state index is -2.45. The van der Waals surface area contributed by atoms with Gasteiger partial charge in [-0.25, -0.2) is 0 Å². The van der Waals surface area contributed by atoms with Gasteiger partial charge in [0.25, 0.3) is 0 Å². The van der Waals surface area contributed by atoms with Crippen molar-refractivity contribution in [2.24, 2.45) is 0 Å². The molecule has 0 amide bonds. The maximum absolute atomic E-state index is 3.50. The van der Waals surface area contributed by atoms with Gasteiger partial charge in [-0.1, -0.05) is 0 Å². The van der Waals surface area contributed by atoms with Gasteiger partial charge >= 0.3 is 233 Å². The van der Waals surface area contributed by atoms with E-state index < -0.39 is 21.3 Å². The first kappa shape index (κ1) is 30.5. The molecule has 3 heteroatoms. The van der Waals surface area contributed by atoms with Gasteiger partial charge in [-0.2, -0.15) is 28.2 Å². The summed E-state index contributed by atoms with van der Waals surface area (Å²) in [5.41, 5.74) is 11.8. The third kappa shape index (κ3) is 5.36. The summed E-state index contributed by atoms with van der Waals surface area (Å²) in [6, 6.07) is 27.2. The van der Waals surface area contributed by atoms with Crippen molar-refractivity contribution in [2.75, 3.05) is 28.2 Å². The Bertz CT molecular complexity index is 1870. The number of rotatable bonds is 2. The summed E-state index contributed by atoms with van der Waals surface area (Å²) in [6.07, 6.45) is 16.8. The van der Waals surface area contributed by atoms with Crippen molar-refractivity contribution in [1.29, 1.82) is 0 Å². The second-order valence-corrected chi connectivity index (χ2v) is 18.8. The third-order valence-electron chi connectivity index (χ3n) is 8.63. The van der Waals surface area contributed by atoms with Crippen LogP contribution in [0.4, 0.5) is 0 Å². The molecule has 2 nitrogen and oxygen atoms in total. The Labute approximate surface area is 270 Å². The van der Waals surface area contributed by atoms with Crippen LogP contribution >= 0.6 is 0 Å². The fourth-order valence-electron chi connectivity index (χ4n) is 6.99. The Kier molecular flexibility index (Phi) is 9.19. The molecule has 0 saturated heterocycles. The maximum atomic E-state index is 3.50. The van der Waals surface area contributed by atoms with Gasteiger partial charge in [-0.15, -0.1) is 0 Å². The summed E-state index contributed by atoms with van der Waals surface area (Å²) >= 11 is -2.45. The van der Waals surface area contributed by atoms with Gasteiger partial charge in [-0.3, -0.25) is 0 Å². The molecule has 0 N–H and O–H groups in total. The van der Waals surface area contributed by atoms with Crippen LogP contribution in [0.5, 0.6) is 0 Å². The number of benzene rings is 4. The Hall–Kier alpha value is -3.49. The van der Waals surface area contributed by atoms with E-state index in [4.69, 9.17) is 0 Å². The average molecular weight is 652 g/mol. The summed E-state index contributed by atoms with van der Waals surface area (Å²) in [5.74, 6) is 0. The fourth-order valence-corrected chi connectivity index (χ4v) is 14.1. The molecule has 218 valence electrons. The van der Waals surface area contributed by atoms with Crippen molar-refractivity contribution < 1.29 is 21.3 Å². The molecule has 44 heavy (non-hydrogen) atoms. The van der Waals surface area contributed by atoms with E-state index in [1.54, 1.807) is 38.0 Å². The third-order valence-corrected chi connectivity index (χ3v) is 15.8. The van der Waals surface area contributed by atoms with E-state index in [9.17, 15) is 0 Å². The predicted octanol–water partition coefficient (Wildman–Crippen LogP) is 10.3. The standard InChI is InChI=1S/2C17H11.C3H6.2C2H6N.Zr/c2*1-2-6-15-12(4-1)8-10-14-11-9-13-5-3-7-16(13)17(14)15;3*1-3-2;/h2*1-6,8-10H,11H2;3*1-2H3;/q;;;2*-1;+2. The predicted molar refractivity (Wildman–Crippen MR) is 190 cm³/mol. The molecule has 4 aromatic rings. The van der Waals surface area contributed by atoms with E-state index in [1.807, 2.05) is 0 Å². The second-order valence-electron chi connectivity index (χ2n) is 11.9. The molecule has 0 atom stereocenters. The zero-order chi connectivity index (χ0) is 30.8. The van der Waals surface area contributed by atoms with E-state index in [-0.39, 0.29) is 0 Å². The van der Waals surface area contributed by atoms with E-state index in [2.05, 4.69) is 134 Å². The molecule has 0 aromatic heterocycles. The molecular weight excluding hydrogens is 612 g/mol. The number of fused-ring (bicyclic) bond motifs is 10. The molecule has 0 fully saturated rings. The Morgan fingerprint density at radius 2 is 0.955 bits per heavy atom. The number of hydrogen-bond donors (Lipinski definition) is 0. The number of allylic oxidation sites excluding steroid dienone is 12. The van der Waals surface area contributed by atoms with Crippen LogP contribution in [0.1, 0.15) is 36.1 Å². The van der Waals surface area contributed by atoms with Crippen LogP contribution < -0.4 is 0 Å². The van der Waals surface area contributed by atoms with Crippen LogP contribution in [-0.2, 0) is 34.1 Å². The zero-order valence-electron chi connectivity index (χ0n) is 26.7. The van der Waals surface area contributed by atoms with E-state index in [0.717, 1.165) is 12.8 Å². The van der Waals surface area contributed by atoms with Crippen LogP contribution in [0.25, 0.3) is 43.3 Å². The average Bonchev–Trinajstić information content (AvgIpc) is 3.66. The van der Waals surface area contributed by atoms with Crippen LogP contribution in [0.3, 0.4) is 0 Å². The molecule has 0 unspecified atom stereocenters. The molecule has 4 aromatic carbocycles. The van der Waals surface area contributed by atoms with Gasteiger partial charge in [0.2, 0.25) is 0 Å². The van der Waals surface area contributed by atoms with Gasteiger partial charge in [0.1, 0.15) is 0 Å². The first-order valence-corrected chi connectivity index (χ1v) is 19.1. The molecule has 8 rings (SSSR count). The van der Waals surface area contributed by atoms with Gasteiger partial charge in [0, 0.05) is 0 Å². The van der Waals surface area contributed by atoms with Crippen molar-refractivity contribution in [1.82, 2.24) is 0 Å². The van der Waals surface area contributed by atoms with Crippen molar-refractivity contribution in [3.8, 4) is 0 Å². The Morgan fingerprint density at radius 3 is 1.36 bits per heavy atom. The van der Waals surface area contributed by atoms with E-state index in [0.29, 0.717) is 0 Å². The first-order valence-electron chi connectivity index (χ1n) is 15.4. The smallest absolute Gasteiger partial charge is 0.162 e. The fraction of sp³-hybridized carbons (Fsp3) is 0.195. The number of nitrogens with zero attached hydrogens (tertiary/aromatic N) is 2.